The third kappa shape index (κ3) is 1.30. The molecular weight excluding hydrogens is 236 g/mol. The first-order valence-electron chi connectivity index (χ1n) is 5.98. The third-order valence-corrected chi connectivity index (χ3v) is 4.13. The average Bonchev–Trinajstić information content (AvgIpc) is 2.78. The van der Waals surface area contributed by atoms with Gasteiger partial charge >= 0.3 is 0 Å². The third-order valence-electron chi connectivity index (χ3n) is 3.82. The van der Waals surface area contributed by atoms with Crippen molar-refractivity contribution in [1.29, 1.82) is 0 Å². The van der Waals surface area contributed by atoms with Crippen LogP contribution in [0.3, 0.4) is 0 Å². The van der Waals surface area contributed by atoms with Crippen molar-refractivity contribution >= 4 is 22.5 Å². The first kappa shape index (κ1) is 9.95. The zero-order chi connectivity index (χ0) is 11.4. The van der Waals surface area contributed by atoms with Gasteiger partial charge in [0.05, 0.1) is 23.3 Å². The van der Waals surface area contributed by atoms with Gasteiger partial charge in [0.15, 0.2) is 0 Å². The van der Waals surface area contributed by atoms with Crippen LogP contribution in [-0.2, 0) is 11.2 Å². The molecule has 2 aromatic rings. The van der Waals surface area contributed by atoms with Crippen molar-refractivity contribution < 1.29 is 4.74 Å². The molecule has 1 aromatic carbocycles. The van der Waals surface area contributed by atoms with Gasteiger partial charge in [-0.1, -0.05) is 17.7 Å². The largest absolute Gasteiger partial charge is 0.371 e. The maximum atomic E-state index is 6.21. The number of benzene rings is 1. The van der Waals surface area contributed by atoms with E-state index >= 15 is 0 Å². The van der Waals surface area contributed by atoms with Crippen molar-refractivity contribution in [2.45, 2.75) is 18.6 Å². The summed E-state index contributed by atoms with van der Waals surface area (Å²) in [5, 5.41) is 5.59. The Balaban J connectivity index is 1.99. The number of aromatic amines is 1. The number of rotatable bonds is 0. The van der Waals surface area contributed by atoms with Crippen molar-refractivity contribution in [2.75, 3.05) is 13.2 Å². The SMILES string of the molecule is Clc1ccc2c3c(c[nH]c13)C[C@H]1NCCO[C@H]21. The summed E-state index contributed by atoms with van der Waals surface area (Å²) in [5.41, 5.74) is 3.66. The Labute approximate surface area is 104 Å². The number of hydrogen-bond donors (Lipinski definition) is 2. The standard InChI is InChI=1S/C13H13ClN2O/c14-9-2-1-8-11-7(6-16-12(9)11)5-10-13(8)17-4-3-15-10/h1-2,6,10,13,15-16H,3-5H2/t10-,13-/m1/s1. The number of halogens is 1. The highest BCUT2D eigenvalue weighted by Crippen LogP contribution is 2.40. The second kappa shape index (κ2) is 3.48. The predicted octanol–water partition coefficient (Wildman–Crippen LogP) is 2.41. The summed E-state index contributed by atoms with van der Waals surface area (Å²) in [7, 11) is 0. The van der Waals surface area contributed by atoms with Gasteiger partial charge in [-0.25, -0.2) is 0 Å². The number of nitrogens with one attached hydrogen (secondary N) is 2. The zero-order valence-corrected chi connectivity index (χ0v) is 10.1. The molecule has 2 heterocycles. The zero-order valence-electron chi connectivity index (χ0n) is 9.29. The van der Waals surface area contributed by atoms with Crippen LogP contribution >= 0.6 is 11.6 Å². The number of H-pyrrole nitrogens is 1. The van der Waals surface area contributed by atoms with Gasteiger partial charge in [0, 0.05) is 24.2 Å². The van der Waals surface area contributed by atoms with Crippen molar-refractivity contribution in [1.82, 2.24) is 10.3 Å². The van der Waals surface area contributed by atoms with Crippen molar-refractivity contribution in [3.05, 3.63) is 34.5 Å². The van der Waals surface area contributed by atoms with E-state index in [-0.39, 0.29) is 6.10 Å². The quantitative estimate of drug-likeness (QED) is 0.751. The molecule has 4 rings (SSSR count). The molecule has 1 aliphatic carbocycles. The lowest BCUT2D eigenvalue weighted by atomic mass is 9.86. The van der Waals surface area contributed by atoms with Crippen LogP contribution in [0.1, 0.15) is 17.2 Å². The van der Waals surface area contributed by atoms with Gasteiger partial charge in [-0.2, -0.15) is 0 Å². The minimum atomic E-state index is 0.173. The molecule has 88 valence electrons. The summed E-state index contributed by atoms with van der Waals surface area (Å²) in [5.74, 6) is 0. The van der Waals surface area contributed by atoms with Crippen LogP contribution in [-0.4, -0.2) is 24.2 Å². The molecule has 0 bridgehead atoms. The summed E-state index contributed by atoms with van der Waals surface area (Å²) < 4.78 is 5.92. The summed E-state index contributed by atoms with van der Waals surface area (Å²) in [6.45, 7) is 1.72. The van der Waals surface area contributed by atoms with Crippen LogP contribution in [0.25, 0.3) is 10.9 Å². The Bertz CT molecular complexity index is 592. The van der Waals surface area contributed by atoms with Crippen molar-refractivity contribution in [3.8, 4) is 0 Å². The molecule has 1 fully saturated rings. The lowest BCUT2D eigenvalue weighted by Gasteiger charge is -2.36. The summed E-state index contributed by atoms with van der Waals surface area (Å²) in [4.78, 5) is 3.28. The van der Waals surface area contributed by atoms with Crippen LogP contribution in [0.2, 0.25) is 5.02 Å². The molecule has 2 atom stereocenters. The number of hydrogen-bond acceptors (Lipinski definition) is 2. The number of aromatic nitrogens is 1. The first-order chi connectivity index (χ1) is 8.34. The van der Waals surface area contributed by atoms with E-state index in [0.29, 0.717) is 6.04 Å². The van der Waals surface area contributed by atoms with E-state index in [1.807, 2.05) is 6.07 Å². The Kier molecular flexibility index (Phi) is 2.04. The molecule has 0 spiro atoms. The lowest BCUT2D eigenvalue weighted by Crippen LogP contribution is -2.46. The fourth-order valence-electron chi connectivity index (χ4n) is 3.09. The molecule has 1 saturated heterocycles. The molecule has 0 radical (unpaired) electrons. The fraction of sp³-hybridized carbons (Fsp3) is 0.385. The second-order valence-corrected chi connectivity index (χ2v) is 5.16. The maximum Gasteiger partial charge on any atom is 0.0988 e. The van der Waals surface area contributed by atoms with Crippen molar-refractivity contribution in [3.63, 3.8) is 0 Å². The minimum absolute atomic E-state index is 0.173. The summed E-state index contributed by atoms with van der Waals surface area (Å²) in [6, 6.07) is 4.46. The van der Waals surface area contributed by atoms with Gasteiger partial charge in [-0.15, -0.1) is 0 Å². The van der Waals surface area contributed by atoms with E-state index in [0.717, 1.165) is 30.1 Å². The fourth-order valence-corrected chi connectivity index (χ4v) is 3.30. The van der Waals surface area contributed by atoms with Crippen LogP contribution in [0.5, 0.6) is 0 Å². The number of morpholine rings is 1. The number of fused-ring (bicyclic) bond motifs is 2. The highest BCUT2D eigenvalue weighted by Gasteiger charge is 2.34. The highest BCUT2D eigenvalue weighted by atomic mass is 35.5. The minimum Gasteiger partial charge on any atom is -0.371 e. The lowest BCUT2D eigenvalue weighted by molar-refractivity contribution is -0.00620. The van der Waals surface area contributed by atoms with Crippen LogP contribution < -0.4 is 5.32 Å². The maximum absolute atomic E-state index is 6.21. The van der Waals surface area contributed by atoms with Crippen molar-refractivity contribution in [2.24, 2.45) is 0 Å². The molecule has 0 saturated carbocycles. The van der Waals surface area contributed by atoms with Gasteiger partial charge in [-0.3, -0.25) is 0 Å². The van der Waals surface area contributed by atoms with E-state index in [9.17, 15) is 0 Å². The normalized spacial score (nSPS) is 27.1. The molecule has 17 heavy (non-hydrogen) atoms. The van der Waals surface area contributed by atoms with E-state index in [1.165, 1.54) is 16.5 Å². The van der Waals surface area contributed by atoms with E-state index < -0.39 is 0 Å². The molecule has 3 nitrogen and oxygen atoms in total. The molecule has 2 N–H and O–H groups in total. The first-order valence-corrected chi connectivity index (χ1v) is 6.36. The number of ether oxygens (including phenoxy) is 1. The molecule has 1 aliphatic heterocycles. The van der Waals surface area contributed by atoms with Gasteiger partial charge in [0.2, 0.25) is 0 Å². The molecule has 4 heteroatoms. The smallest absolute Gasteiger partial charge is 0.0988 e. The van der Waals surface area contributed by atoms with Gasteiger partial charge in [0.1, 0.15) is 0 Å². The highest BCUT2D eigenvalue weighted by molar-refractivity contribution is 6.35. The summed E-state index contributed by atoms with van der Waals surface area (Å²) in [6.07, 6.45) is 3.26. The Morgan fingerprint density at radius 2 is 2.29 bits per heavy atom. The second-order valence-electron chi connectivity index (χ2n) is 4.76. The Morgan fingerprint density at radius 1 is 1.35 bits per heavy atom. The monoisotopic (exact) mass is 248 g/mol. The van der Waals surface area contributed by atoms with Gasteiger partial charge < -0.3 is 15.0 Å². The molecule has 0 amide bonds. The molecular formula is C13H13ClN2O. The van der Waals surface area contributed by atoms with Gasteiger partial charge in [-0.05, 0) is 23.6 Å². The predicted molar refractivity (Wildman–Crippen MR) is 67.5 cm³/mol. The van der Waals surface area contributed by atoms with Crippen LogP contribution in [0.15, 0.2) is 18.3 Å². The van der Waals surface area contributed by atoms with E-state index in [4.69, 9.17) is 16.3 Å². The van der Waals surface area contributed by atoms with Gasteiger partial charge in [0.25, 0.3) is 0 Å². The topological polar surface area (TPSA) is 37.0 Å². The van der Waals surface area contributed by atoms with E-state index in [2.05, 4.69) is 22.6 Å². The molecule has 0 unspecified atom stereocenters. The molecule has 1 aromatic heterocycles. The Morgan fingerprint density at radius 3 is 3.24 bits per heavy atom. The van der Waals surface area contributed by atoms with Crippen LogP contribution in [0.4, 0.5) is 0 Å². The average molecular weight is 249 g/mol. The summed E-state index contributed by atoms with van der Waals surface area (Å²) >= 11 is 6.21. The van der Waals surface area contributed by atoms with E-state index in [1.54, 1.807) is 0 Å². The Hall–Kier alpha value is -1.03. The molecule has 2 aliphatic rings. The van der Waals surface area contributed by atoms with Crippen LogP contribution in [0, 0.1) is 0 Å².